The van der Waals surface area contributed by atoms with Gasteiger partial charge in [0.25, 0.3) is 5.91 Å². The van der Waals surface area contributed by atoms with E-state index < -0.39 is 23.7 Å². The highest BCUT2D eigenvalue weighted by molar-refractivity contribution is 5.97. The van der Waals surface area contributed by atoms with Crippen LogP contribution in [0.3, 0.4) is 0 Å². The Labute approximate surface area is 157 Å². The number of carbonyl (C=O) groups excluding carboxylic acids is 2. The van der Waals surface area contributed by atoms with Crippen LogP contribution in [0.4, 0.5) is 13.2 Å². The van der Waals surface area contributed by atoms with Crippen molar-refractivity contribution in [1.29, 1.82) is 0 Å². The molecule has 1 saturated heterocycles. The molecule has 0 bridgehead atoms. The fourth-order valence-corrected chi connectivity index (χ4v) is 2.99. The maximum Gasteiger partial charge on any atom is 0.416 e. The Bertz CT molecular complexity index is 651. The largest absolute Gasteiger partial charge is 0.416 e. The van der Waals surface area contributed by atoms with E-state index in [0.717, 1.165) is 37.4 Å². The molecule has 1 aromatic rings. The van der Waals surface area contributed by atoms with Gasteiger partial charge in [-0.2, -0.15) is 13.2 Å². The van der Waals surface area contributed by atoms with E-state index in [0.29, 0.717) is 19.5 Å². The zero-order valence-corrected chi connectivity index (χ0v) is 15.8. The summed E-state index contributed by atoms with van der Waals surface area (Å²) in [6.07, 6.45) is -3.98. The Morgan fingerprint density at radius 3 is 2.11 bits per heavy atom. The third kappa shape index (κ3) is 5.95. The van der Waals surface area contributed by atoms with Gasteiger partial charge in [-0.3, -0.25) is 9.59 Å². The van der Waals surface area contributed by atoms with Gasteiger partial charge in [0.1, 0.15) is 6.04 Å². The molecule has 0 aromatic heterocycles. The van der Waals surface area contributed by atoms with Crippen molar-refractivity contribution in [2.45, 2.75) is 32.5 Å². The molecular formula is C19H26F3N3O2. The van der Waals surface area contributed by atoms with Crippen molar-refractivity contribution in [1.82, 2.24) is 15.1 Å². The number of nitrogens with zero attached hydrogens (tertiary/aromatic N) is 2. The predicted molar refractivity (Wildman–Crippen MR) is 96.2 cm³/mol. The molecule has 8 heteroatoms. The molecule has 1 heterocycles. The quantitative estimate of drug-likeness (QED) is 0.848. The van der Waals surface area contributed by atoms with Crippen LogP contribution in [0.25, 0.3) is 0 Å². The van der Waals surface area contributed by atoms with E-state index in [1.54, 1.807) is 4.90 Å². The van der Waals surface area contributed by atoms with Crippen LogP contribution in [0.2, 0.25) is 0 Å². The van der Waals surface area contributed by atoms with E-state index >= 15 is 0 Å². The standard InChI is InChI=1S/C19H26F3N3O2/c1-13(2)12-16(18(27)25-10-8-24(3)9-11-25)23-17(26)14-4-6-15(7-5-14)19(20,21)22/h4-7,13,16H,8-12H2,1-3H3,(H,23,26)/t16-/m0/s1. The van der Waals surface area contributed by atoms with E-state index in [1.807, 2.05) is 20.9 Å². The van der Waals surface area contributed by atoms with Crippen molar-refractivity contribution >= 4 is 11.8 Å². The summed E-state index contributed by atoms with van der Waals surface area (Å²) >= 11 is 0. The molecule has 1 aliphatic heterocycles. The highest BCUT2D eigenvalue weighted by Crippen LogP contribution is 2.29. The lowest BCUT2D eigenvalue weighted by atomic mass is 10.0. The maximum atomic E-state index is 12.8. The molecule has 0 spiro atoms. The van der Waals surface area contributed by atoms with Gasteiger partial charge >= 0.3 is 6.18 Å². The number of piperazine rings is 1. The first kappa shape index (κ1) is 21.2. The van der Waals surface area contributed by atoms with Gasteiger partial charge in [0.15, 0.2) is 0 Å². The second-order valence-electron chi connectivity index (χ2n) is 7.36. The number of benzene rings is 1. The first-order chi connectivity index (χ1) is 12.6. The molecule has 0 radical (unpaired) electrons. The summed E-state index contributed by atoms with van der Waals surface area (Å²) in [7, 11) is 1.99. The zero-order valence-electron chi connectivity index (χ0n) is 15.8. The molecule has 1 N–H and O–H groups in total. The maximum absolute atomic E-state index is 12.8. The molecule has 0 aliphatic carbocycles. The molecule has 1 aromatic carbocycles. The van der Waals surface area contributed by atoms with E-state index in [4.69, 9.17) is 0 Å². The molecule has 1 aliphatic rings. The van der Waals surface area contributed by atoms with Crippen molar-refractivity contribution in [3.63, 3.8) is 0 Å². The molecule has 1 fully saturated rings. The van der Waals surface area contributed by atoms with Gasteiger partial charge in [-0.25, -0.2) is 0 Å². The number of halogens is 3. The Hall–Kier alpha value is -2.09. The number of amides is 2. The molecule has 2 rings (SSSR count). The van der Waals surface area contributed by atoms with Gasteiger partial charge in [-0.05, 0) is 43.7 Å². The van der Waals surface area contributed by atoms with Crippen LogP contribution in [-0.2, 0) is 11.0 Å². The lowest BCUT2D eigenvalue weighted by molar-refractivity contribution is -0.137. The van der Waals surface area contributed by atoms with Crippen LogP contribution in [-0.4, -0.2) is 60.9 Å². The van der Waals surface area contributed by atoms with E-state index in [1.165, 1.54) is 0 Å². The fraction of sp³-hybridized carbons (Fsp3) is 0.579. The summed E-state index contributed by atoms with van der Waals surface area (Å²) in [6.45, 7) is 6.64. The molecule has 27 heavy (non-hydrogen) atoms. The van der Waals surface area contributed by atoms with Crippen LogP contribution in [0.15, 0.2) is 24.3 Å². The summed E-state index contributed by atoms with van der Waals surface area (Å²) < 4.78 is 38.0. The Morgan fingerprint density at radius 1 is 1.07 bits per heavy atom. The number of hydrogen-bond acceptors (Lipinski definition) is 3. The Kier molecular flexibility index (Phi) is 6.86. The van der Waals surface area contributed by atoms with Crippen molar-refractivity contribution in [3.8, 4) is 0 Å². The van der Waals surface area contributed by atoms with Crippen LogP contribution >= 0.6 is 0 Å². The summed E-state index contributed by atoms with van der Waals surface area (Å²) in [5.74, 6) is -0.506. The van der Waals surface area contributed by atoms with Crippen LogP contribution in [0.1, 0.15) is 36.2 Å². The number of alkyl halides is 3. The van der Waals surface area contributed by atoms with Gasteiger partial charge < -0.3 is 15.1 Å². The van der Waals surface area contributed by atoms with E-state index in [-0.39, 0.29) is 17.4 Å². The molecule has 0 unspecified atom stereocenters. The SMILES string of the molecule is CC(C)C[C@H](NC(=O)c1ccc(C(F)(F)F)cc1)C(=O)N1CCN(C)CC1. The molecule has 5 nitrogen and oxygen atoms in total. The van der Waals surface area contributed by atoms with Crippen molar-refractivity contribution < 1.29 is 22.8 Å². The Balaban J connectivity index is 2.08. The van der Waals surface area contributed by atoms with Crippen LogP contribution < -0.4 is 5.32 Å². The topological polar surface area (TPSA) is 52.7 Å². The number of hydrogen-bond donors (Lipinski definition) is 1. The van der Waals surface area contributed by atoms with Gasteiger partial charge in [-0.15, -0.1) is 0 Å². The minimum absolute atomic E-state index is 0.0999. The summed E-state index contributed by atoms with van der Waals surface area (Å²) in [4.78, 5) is 29.2. The first-order valence-electron chi connectivity index (χ1n) is 9.03. The number of carbonyl (C=O) groups is 2. The molecular weight excluding hydrogens is 359 g/mol. The van der Waals surface area contributed by atoms with E-state index in [2.05, 4.69) is 10.2 Å². The molecule has 1 atom stereocenters. The summed E-state index contributed by atoms with van der Waals surface area (Å²) in [5.41, 5.74) is -0.714. The second-order valence-corrected chi connectivity index (χ2v) is 7.36. The average Bonchev–Trinajstić information content (AvgIpc) is 2.60. The lowest BCUT2D eigenvalue weighted by Gasteiger charge is -2.35. The Morgan fingerprint density at radius 2 is 1.63 bits per heavy atom. The number of rotatable bonds is 5. The predicted octanol–water partition coefficient (Wildman–Crippen LogP) is 2.62. The van der Waals surface area contributed by atoms with Gasteiger partial charge in [0.2, 0.25) is 5.91 Å². The summed E-state index contributed by atoms with van der Waals surface area (Å²) in [6, 6.07) is 3.31. The third-order valence-corrected chi connectivity index (χ3v) is 4.60. The van der Waals surface area contributed by atoms with Gasteiger partial charge in [-0.1, -0.05) is 13.8 Å². The smallest absolute Gasteiger partial charge is 0.340 e. The fourth-order valence-electron chi connectivity index (χ4n) is 2.99. The van der Waals surface area contributed by atoms with E-state index in [9.17, 15) is 22.8 Å². The zero-order chi connectivity index (χ0) is 20.2. The van der Waals surface area contributed by atoms with Crippen molar-refractivity contribution in [3.05, 3.63) is 35.4 Å². The van der Waals surface area contributed by atoms with Crippen molar-refractivity contribution in [2.75, 3.05) is 33.2 Å². The normalized spacial score (nSPS) is 17.1. The molecule has 0 saturated carbocycles. The number of likely N-dealkylation sites (N-methyl/N-ethyl adjacent to an activating group) is 1. The molecule has 150 valence electrons. The van der Waals surface area contributed by atoms with Crippen molar-refractivity contribution in [2.24, 2.45) is 5.92 Å². The summed E-state index contributed by atoms with van der Waals surface area (Å²) in [5, 5.41) is 2.71. The third-order valence-electron chi connectivity index (χ3n) is 4.60. The molecule has 2 amide bonds. The van der Waals surface area contributed by atoms with Gasteiger partial charge in [0.05, 0.1) is 5.56 Å². The lowest BCUT2D eigenvalue weighted by Crippen LogP contribution is -2.54. The first-order valence-corrected chi connectivity index (χ1v) is 9.03. The van der Waals surface area contributed by atoms with Gasteiger partial charge in [0, 0.05) is 31.7 Å². The van der Waals surface area contributed by atoms with Crippen LogP contribution in [0.5, 0.6) is 0 Å². The average molecular weight is 385 g/mol. The number of nitrogens with one attached hydrogen (secondary N) is 1. The monoisotopic (exact) mass is 385 g/mol. The highest BCUT2D eigenvalue weighted by Gasteiger charge is 2.31. The minimum Gasteiger partial charge on any atom is -0.340 e. The highest BCUT2D eigenvalue weighted by atomic mass is 19.4. The van der Waals surface area contributed by atoms with Crippen LogP contribution in [0, 0.1) is 5.92 Å². The second kappa shape index (κ2) is 8.73. The minimum atomic E-state index is -4.45.